The molecule has 0 bridgehead atoms. The third-order valence-electron chi connectivity index (χ3n) is 2.70. The molecule has 0 saturated carbocycles. The van der Waals surface area contributed by atoms with Crippen molar-refractivity contribution in [3.63, 3.8) is 0 Å². The molecular formula is C16H12ClFO3. The first-order chi connectivity index (χ1) is 9.97. The van der Waals surface area contributed by atoms with Crippen LogP contribution >= 0.6 is 11.6 Å². The Morgan fingerprint density at radius 2 is 2.10 bits per heavy atom. The largest absolute Gasteiger partial charge is 0.478 e. The van der Waals surface area contributed by atoms with Gasteiger partial charge in [-0.25, -0.2) is 9.18 Å². The highest BCUT2D eigenvalue weighted by Crippen LogP contribution is 2.34. The summed E-state index contributed by atoms with van der Waals surface area (Å²) in [5.74, 6) is -1.48. The van der Waals surface area contributed by atoms with Gasteiger partial charge in [0.1, 0.15) is 5.75 Å². The molecule has 0 saturated heterocycles. The lowest BCUT2D eigenvalue weighted by molar-refractivity contribution is -0.131. The molecule has 0 spiro atoms. The molecule has 2 rings (SSSR count). The zero-order valence-electron chi connectivity index (χ0n) is 11.1. The number of aryl methyl sites for hydroxylation is 1. The number of aliphatic carboxylic acids is 1. The normalized spacial score (nSPS) is 10.8. The first-order valence-corrected chi connectivity index (χ1v) is 6.48. The van der Waals surface area contributed by atoms with Gasteiger partial charge in [-0.3, -0.25) is 0 Å². The van der Waals surface area contributed by atoms with Gasteiger partial charge in [0, 0.05) is 11.6 Å². The van der Waals surface area contributed by atoms with Crippen molar-refractivity contribution in [1.29, 1.82) is 0 Å². The number of halogens is 2. The van der Waals surface area contributed by atoms with Crippen molar-refractivity contribution in [3.8, 4) is 11.5 Å². The molecule has 21 heavy (non-hydrogen) atoms. The smallest absolute Gasteiger partial charge is 0.328 e. The third kappa shape index (κ3) is 3.83. The molecule has 0 radical (unpaired) electrons. The summed E-state index contributed by atoms with van der Waals surface area (Å²) in [6.45, 7) is 1.86. The van der Waals surface area contributed by atoms with E-state index in [1.807, 2.05) is 13.0 Å². The molecule has 1 N–H and O–H groups in total. The fourth-order valence-electron chi connectivity index (χ4n) is 1.72. The molecule has 5 heteroatoms. The van der Waals surface area contributed by atoms with Gasteiger partial charge in [0.05, 0.1) is 5.02 Å². The Morgan fingerprint density at radius 3 is 2.81 bits per heavy atom. The molecule has 0 aromatic heterocycles. The van der Waals surface area contributed by atoms with Gasteiger partial charge in [0.2, 0.25) is 0 Å². The Labute approximate surface area is 126 Å². The second-order valence-corrected chi connectivity index (χ2v) is 4.77. The lowest BCUT2D eigenvalue weighted by atomic mass is 10.1. The highest BCUT2D eigenvalue weighted by atomic mass is 35.5. The molecule has 0 heterocycles. The predicted molar refractivity (Wildman–Crippen MR) is 79.3 cm³/mol. The summed E-state index contributed by atoms with van der Waals surface area (Å²) in [5, 5.41) is 9.01. The van der Waals surface area contributed by atoms with E-state index in [1.165, 1.54) is 18.2 Å². The van der Waals surface area contributed by atoms with E-state index in [2.05, 4.69) is 0 Å². The zero-order valence-corrected chi connectivity index (χ0v) is 11.9. The Hall–Kier alpha value is -2.33. The second kappa shape index (κ2) is 6.41. The van der Waals surface area contributed by atoms with Gasteiger partial charge >= 0.3 is 5.97 Å². The van der Waals surface area contributed by atoms with Crippen LogP contribution in [0.5, 0.6) is 11.5 Å². The predicted octanol–water partition coefficient (Wildman–Crippen LogP) is 4.68. The van der Waals surface area contributed by atoms with Crippen LogP contribution in [0.2, 0.25) is 5.02 Å². The molecular weight excluding hydrogens is 295 g/mol. The van der Waals surface area contributed by atoms with Crippen molar-refractivity contribution in [2.75, 3.05) is 0 Å². The number of carbonyl (C=O) groups is 1. The molecule has 2 aromatic carbocycles. The maximum Gasteiger partial charge on any atom is 0.328 e. The number of hydrogen-bond acceptors (Lipinski definition) is 2. The standard InChI is InChI=1S/C16H12ClFO3/c1-10-5-7-12(17)14(9-10)21-16-11(6-8-15(19)20)3-2-4-13(16)18/h2-9H,1H3,(H,19,20)/b8-6+. The first-order valence-electron chi connectivity index (χ1n) is 6.11. The van der Waals surface area contributed by atoms with Crippen molar-refractivity contribution < 1.29 is 19.0 Å². The topological polar surface area (TPSA) is 46.5 Å². The minimum absolute atomic E-state index is 0.0671. The molecule has 0 aliphatic carbocycles. The second-order valence-electron chi connectivity index (χ2n) is 4.37. The fraction of sp³-hybridized carbons (Fsp3) is 0.0625. The molecule has 0 fully saturated rings. The van der Waals surface area contributed by atoms with Gasteiger partial charge in [-0.1, -0.05) is 29.8 Å². The Morgan fingerprint density at radius 1 is 1.33 bits per heavy atom. The lowest BCUT2D eigenvalue weighted by Crippen LogP contribution is -1.94. The van der Waals surface area contributed by atoms with E-state index in [4.69, 9.17) is 21.4 Å². The first kappa shape index (κ1) is 15.1. The zero-order chi connectivity index (χ0) is 15.4. The summed E-state index contributed by atoms with van der Waals surface area (Å²) in [4.78, 5) is 10.6. The van der Waals surface area contributed by atoms with Gasteiger partial charge in [-0.2, -0.15) is 0 Å². The maximum atomic E-state index is 13.9. The van der Waals surface area contributed by atoms with Crippen LogP contribution in [-0.4, -0.2) is 11.1 Å². The summed E-state index contributed by atoms with van der Waals surface area (Å²) >= 11 is 6.02. The Balaban J connectivity index is 2.43. The summed E-state index contributed by atoms with van der Waals surface area (Å²) in [5.41, 5.74) is 1.23. The highest BCUT2D eigenvalue weighted by molar-refractivity contribution is 6.32. The van der Waals surface area contributed by atoms with E-state index in [1.54, 1.807) is 18.2 Å². The number of hydrogen-bond donors (Lipinski definition) is 1. The highest BCUT2D eigenvalue weighted by Gasteiger charge is 2.11. The summed E-state index contributed by atoms with van der Waals surface area (Å²) in [7, 11) is 0. The maximum absolute atomic E-state index is 13.9. The van der Waals surface area contributed by atoms with Gasteiger partial charge in [0.15, 0.2) is 11.6 Å². The average molecular weight is 307 g/mol. The number of ether oxygens (including phenoxy) is 1. The number of para-hydroxylation sites is 1. The third-order valence-corrected chi connectivity index (χ3v) is 3.01. The molecule has 3 nitrogen and oxygen atoms in total. The van der Waals surface area contributed by atoms with Crippen molar-refractivity contribution >= 4 is 23.6 Å². The summed E-state index contributed by atoms with van der Waals surface area (Å²) in [6, 6.07) is 9.40. The van der Waals surface area contributed by atoms with Crippen molar-refractivity contribution in [2.24, 2.45) is 0 Å². The van der Waals surface area contributed by atoms with E-state index < -0.39 is 11.8 Å². The Bertz CT molecular complexity index is 711. The van der Waals surface area contributed by atoms with E-state index in [9.17, 15) is 9.18 Å². The van der Waals surface area contributed by atoms with Crippen LogP contribution in [0.1, 0.15) is 11.1 Å². The number of rotatable bonds is 4. The van der Waals surface area contributed by atoms with Gasteiger partial charge in [0.25, 0.3) is 0 Å². The molecule has 0 aliphatic heterocycles. The van der Waals surface area contributed by atoms with Crippen LogP contribution < -0.4 is 4.74 Å². The quantitative estimate of drug-likeness (QED) is 0.834. The molecule has 108 valence electrons. The SMILES string of the molecule is Cc1ccc(Cl)c(Oc2c(F)cccc2/C=C/C(=O)O)c1. The van der Waals surface area contributed by atoms with Crippen molar-refractivity contribution in [2.45, 2.75) is 6.92 Å². The van der Waals surface area contributed by atoms with E-state index in [-0.39, 0.29) is 5.75 Å². The van der Waals surface area contributed by atoms with E-state index >= 15 is 0 Å². The Kier molecular flexibility index (Phi) is 4.60. The van der Waals surface area contributed by atoms with Crippen LogP contribution in [0.25, 0.3) is 6.08 Å². The van der Waals surface area contributed by atoms with Gasteiger partial charge in [-0.15, -0.1) is 0 Å². The minimum atomic E-state index is -1.13. The lowest BCUT2D eigenvalue weighted by Gasteiger charge is -2.11. The van der Waals surface area contributed by atoms with Crippen LogP contribution in [0, 0.1) is 12.7 Å². The van der Waals surface area contributed by atoms with Crippen molar-refractivity contribution in [1.82, 2.24) is 0 Å². The summed E-state index contributed by atoms with van der Waals surface area (Å²) < 4.78 is 19.5. The van der Waals surface area contributed by atoms with Crippen LogP contribution in [-0.2, 0) is 4.79 Å². The fourth-order valence-corrected chi connectivity index (χ4v) is 1.88. The van der Waals surface area contributed by atoms with Crippen LogP contribution in [0.4, 0.5) is 4.39 Å². The molecule has 0 amide bonds. The van der Waals surface area contributed by atoms with Crippen LogP contribution in [0.15, 0.2) is 42.5 Å². The molecule has 0 atom stereocenters. The number of benzene rings is 2. The van der Waals surface area contributed by atoms with Gasteiger partial charge < -0.3 is 9.84 Å². The molecule has 0 aliphatic rings. The van der Waals surface area contributed by atoms with E-state index in [0.717, 1.165) is 11.6 Å². The molecule has 0 unspecified atom stereocenters. The van der Waals surface area contributed by atoms with Gasteiger partial charge in [-0.05, 0) is 36.8 Å². The number of carboxylic acids is 1. The summed E-state index contributed by atoms with van der Waals surface area (Å²) in [6.07, 6.45) is 2.18. The number of carboxylic acid groups (broad SMARTS) is 1. The molecule has 2 aromatic rings. The minimum Gasteiger partial charge on any atom is -0.478 e. The average Bonchev–Trinajstić information content (AvgIpc) is 2.43. The van der Waals surface area contributed by atoms with Crippen LogP contribution in [0.3, 0.4) is 0 Å². The van der Waals surface area contributed by atoms with Crippen molar-refractivity contribution in [3.05, 3.63) is 64.4 Å². The van der Waals surface area contributed by atoms with E-state index in [0.29, 0.717) is 16.3 Å². The monoisotopic (exact) mass is 306 g/mol.